The Kier molecular flexibility index (Phi) is 6.62. The van der Waals surface area contributed by atoms with E-state index in [-0.39, 0.29) is 5.91 Å². The molecule has 0 spiro atoms. The van der Waals surface area contributed by atoms with E-state index in [1.807, 2.05) is 76.2 Å². The summed E-state index contributed by atoms with van der Waals surface area (Å²) in [5, 5.41) is 12.6. The first-order valence-corrected chi connectivity index (χ1v) is 13.4. The maximum absolute atomic E-state index is 12.8. The predicted molar refractivity (Wildman–Crippen MR) is 150 cm³/mol. The molecule has 0 unspecified atom stereocenters. The Balaban J connectivity index is 1.19. The lowest BCUT2D eigenvalue weighted by molar-refractivity contribution is 0.0951. The molecule has 1 amide bonds. The lowest BCUT2D eigenvalue weighted by Gasteiger charge is -2.37. The van der Waals surface area contributed by atoms with Crippen LogP contribution in [0.3, 0.4) is 0 Å². The van der Waals surface area contributed by atoms with Gasteiger partial charge in [-0.25, -0.2) is 14.6 Å². The molecule has 38 heavy (non-hydrogen) atoms. The van der Waals surface area contributed by atoms with Crippen molar-refractivity contribution in [3.8, 4) is 11.4 Å². The molecule has 4 heterocycles. The molecule has 2 aromatic carbocycles. The average molecular weight is 526 g/mol. The molecule has 0 aliphatic carbocycles. The Labute approximate surface area is 224 Å². The zero-order valence-corrected chi connectivity index (χ0v) is 21.8. The number of para-hydroxylation sites is 1. The van der Waals surface area contributed by atoms with E-state index in [2.05, 4.69) is 30.2 Å². The van der Waals surface area contributed by atoms with E-state index in [4.69, 9.17) is 4.74 Å². The number of hydrogen-bond donors (Lipinski definition) is 1. The molecular weight excluding hydrogens is 498 g/mol. The first-order chi connectivity index (χ1) is 18.7. The Morgan fingerprint density at radius 1 is 1.03 bits per heavy atom. The van der Waals surface area contributed by atoms with Crippen molar-refractivity contribution in [2.75, 3.05) is 43.1 Å². The van der Waals surface area contributed by atoms with E-state index in [0.717, 1.165) is 65.7 Å². The Morgan fingerprint density at radius 2 is 1.84 bits per heavy atom. The number of amides is 1. The van der Waals surface area contributed by atoms with Crippen molar-refractivity contribution in [2.24, 2.45) is 0 Å². The monoisotopic (exact) mass is 525 g/mol. The maximum atomic E-state index is 12.8. The van der Waals surface area contributed by atoms with Gasteiger partial charge in [0.1, 0.15) is 17.9 Å². The zero-order valence-electron chi connectivity index (χ0n) is 20.9. The van der Waals surface area contributed by atoms with E-state index < -0.39 is 0 Å². The minimum atomic E-state index is -0.0995. The molecule has 3 aromatic heterocycles. The molecule has 6 rings (SSSR count). The van der Waals surface area contributed by atoms with Gasteiger partial charge >= 0.3 is 0 Å². The molecular formula is C28H27N7O2S. The number of carbonyl (C=O) groups excluding carboxylic acids is 1. The van der Waals surface area contributed by atoms with Crippen LogP contribution in [0.2, 0.25) is 0 Å². The van der Waals surface area contributed by atoms with Crippen molar-refractivity contribution in [1.29, 1.82) is 0 Å². The first kappa shape index (κ1) is 23.9. The van der Waals surface area contributed by atoms with Gasteiger partial charge in [0.25, 0.3) is 5.91 Å². The third kappa shape index (κ3) is 4.66. The molecule has 0 atom stereocenters. The van der Waals surface area contributed by atoms with Crippen LogP contribution in [0, 0.1) is 0 Å². The minimum Gasteiger partial charge on any atom is -0.495 e. The fourth-order valence-electron chi connectivity index (χ4n) is 4.76. The van der Waals surface area contributed by atoms with Crippen molar-refractivity contribution in [1.82, 2.24) is 25.1 Å². The van der Waals surface area contributed by atoms with Gasteiger partial charge in [-0.2, -0.15) is 16.4 Å². The molecule has 1 fully saturated rings. The summed E-state index contributed by atoms with van der Waals surface area (Å²) in [6.07, 6.45) is 3.44. The molecule has 1 saturated heterocycles. The number of hydrogen-bond acceptors (Lipinski definition) is 8. The van der Waals surface area contributed by atoms with Gasteiger partial charge < -0.3 is 19.9 Å². The lowest BCUT2D eigenvalue weighted by Crippen LogP contribution is -2.47. The number of ether oxygens (including phenoxy) is 1. The van der Waals surface area contributed by atoms with Crippen LogP contribution in [0.15, 0.2) is 77.9 Å². The largest absolute Gasteiger partial charge is 0.495 e. The SMILES string of the molecule is COc1ccc(C(=O)NCc2ccsc2)cc1N1CCN(c2ncnc3c2cnn3-c2ccccc2)CC1. The lowest BCUT2D eigenvalue weighted by atomic mass is 10.1. The van der Waals surface area contributed by atoms with Crippen molar-refractivity contribution in [3.63, 3.8) is 0 Å². The summed E-state index contributed by atoms with van der Waals surface area (Å²) in [6, 6.07) is 17.6. The van der Waals surface area contributed by atoms with Gasteiger partial charge in [0.05, 0.1) is 30.1 Å². The van der Waals surface area contributed by atoms with Crippen LogP contribution in [0.25, 0.3) is 16.7 Å². The summed E-state index contributed by atoms with van der Waals surface area (Å²) in [5.41, 5.74) is 4.38. The van der Waals surface area contributed by atoms with Gasteiger partial charge in [-0.3, -0.25) is 4.79 Å². The molecule has 0 radical (unpaired) electrons. The quantitative estimate of drug-likeness (QED) is 0.342. The highest BCUT2D eigenvalue weighted by Gasteiger charge is 2.24. The summed E-state index contributed by atoms with van der Waals surface area (Å²) >= 11 is 1.62. The van der Waals surface area contributed by atoms with Crippen LogP contribution in [0.1, 0.15) is 15.9 Å². The molecule has 1 aliphatic heterocycles. The molecule has 9 nitrogen and oxygen atoms in total. The fourth-order valence-corrected chi connectivity index (χ4v) is 5.43. The molecule has 192 valence electrons. The van der Waals surface area contributed by atoms with Crippen LogP contribution in [-0.4, -0.2) is 58.9 Å². The Hall–Kier alpha value is -4.44. The van der Waals surface area contributed by atoms with Crippen molar-refractivity contribution in [2.45, 2.75) is 6.54 Å². The number of methoxy groups -OCH3 is 1. The summed E-state index contributed by atoms with van der Waals surface area (Å²) < 4.78 is 7.49. The molecule has 0 bridgehead atoms. The normalized spacial score (nSPS) is 13.6. The maximum Gasteiger partial charge on any atom is 0.251 e. The standard InChI is InChI=1S/C28H27N7O2S/c1-37-25-8-7-21(28(36)29-16-20-9-14-38-18-20)15-24(25)33-10-12-34(13-11-33)26-23-17-32-35(27(23)31-19-30-26)22-5-3-2-4-6-22/h2-9,14-15,17-19H,10-13,16H2,1H3,(H,29,36). The van der Waals surface area contributed by atoms with Crippen molar-refractivity contribution in [3.05, 3.63) is 89.0 Å². The van der Waals surface area contributed by atoms with Crippen LogP contribution in [0.5, 0.6) is 5.75 Å². The number of fused-ring (bicyclic) bond motifs is 1. The number of aromatic nitrogens is 4. The Bertz CT molecular complexity index is 1540. The highest BCUT2D eigenvalue weighted by atomic mass is 32.1. The molecule has 0 saturated carbocycles. The van der Waals surface area contributed by atoms with Gasteiger partial charge in [0, 0.05) is 38.3 Å². The van der Waals surface area contributed by atoms with Crippen LogP contribution >= 0.6 is 11.3 Å². The van der Waals surface area contributed by atoms with Gasteiger partial charge in [-0.15, -0.1) is 0 Å². The second-order valence-corrected chi connectivity index (χ2v) is 9.78. The van der Waals surface area contributed by atoms with Gasteiger partial charge in [-0.1, -0.05) is 18.2 Å². The van der Waals surface area contributed by atoms with E-state index >= 15 is 0 Å². The van der Waals surface area contributed by atoms with E-state index in [9.17, 15) is 4.79 Å². The van der Waals surface area contributed by atoms with Crippen LogP contribution in [-0.2, 0) is 6.54 Å². The predicted octanol–water partition coefficient (Wildman–Crippen LogP) is 4.14. The number of nitrogens with one attached hydrogen (secondary N) is 1. The van der Waals surface area contributed by atoms with E-state index in [1.54, 1.807) is 24.8 Å². The zero-order chi connectivity index (χ0) is 25.9. The number of benzene rings is 2. The topological polar surface area (TPSA) is 88.4 Å². The number of piperazine rings is 1. The second-order valence-electron chi connectivity index (χ2n) is 9.00. The smallest absolute Gasteiger partial charge is 0.251 e. The van der Waals surface area contributed by atoms with Crippen molar-refractivity contribution < 1.29 is 9.53 Å². The number of anilines is 2. The Morgan fingerprint density at radius 3 is 2.61 bits per heavy atom. The summed E-state index contributed by atoms with van der Waals surface area (Å²) in [5.74, 6) is 1.53. The third-order valence-corrected chi connectivity index (χ3v) is 7.47. The van der Waals surface area contributed by atoms with Crippen LogP contribution in [0.4, 0.5) is 11.5 Å². The number of thiophene rings is 1. The molecule has 5 aromatic rings. The van der Waals surface area contributed by atoms with Gasteiger partial charge in [0.2, 0.25) is 0 Å². The van der Waals surface area contributed by atoms with Crippen molar-refractivity contribution >= 4 is 39.8 Å². The van der Waals surface area contributed by atoms with E-state index in [0.29, 0.717) is 12.1 Å². The molecule has 10 heteroatoms. The second kappa shape index (κ2) is 10.5. The number of rotatable bonds is 7. The fraction of sp³-hybridized carbons (Fsp3) is 0.214. The molecule has 1 N–H and O–H groups in total. The number of carbonyl (C=O) groups is 1. The summed E-state index contributed by atoms with van der Waals surface area (Å²) in [4.78, 5) is 26.5. The summed E-state index contributed by atoms with van der Waals surface area (Å²) in [7, 11) is 1.66. The molecule has 1 aliphatic rings. The summed E-state index contributed by atoms with van der Waals surface area (Å²) in [6.45, 7) is 3.56. The third-order valence-electron chi connectivity index (χ3n) is 6.74. The first-order valence-electron chi connectivity index (χ1n) is 12.4. The highest BCUT2D eigenvalue weighted by molar-refractivity contribution is 7.07. The van der Waals surface area contributed by atoms with Gasteiger partial charge in [-0.05, 0) is 52.7 Å². The minimum absolute atomic E-state index is 0.0995. The van der Waals surface area contributed by atoms with Crippen LogP contribution < -0.4 is 19.9 Å². The number of nitrogens with zero attached hydrogens (tertiary/aromatic N) is 6. The van der Waals surface area contributed by atoms with Gasteiger partial charge in [0.15, 0.2) is 5.65 Å². The highest BCUT2D eigenvalue weighted by Crippen LogP contribution is 2.32. The van der Waals surface area contributed by atoms with E-state index in [1.165, 1.54) is 0 Å². The average Bonchev–Trinajstić information content (AvgIpc) is 3.66.